The molecule has 0 saturated heterocycles. The van der Waals surface area contributed by atoms with E-state index >= 15 is 0 Å². The molecule has 2 heterocycles. The van der Waals surface area contributed by atoms with Gasteiger partial charge in [-0.3, -0.25) is 14.7 Å². The molecule has 7 heteroatoms. The number of nitrogens with zero attached hydrogens (tertiary/aromatic N) is 2. The first-order valence-corrected chi connectivity index (χ1v) is 6.99. The summed E-state index contributed by atoms with van der Waals surface area (Å²) in [6.07, 6.45) is 1.46. The minimum absolute atomic E-state index is 0.263. The zero-order chi connectivity index (χ0) is 15.9. The molecule has 1 amide bonds. The fraction of sp³-hybridized carbons (Fsp3) is 0.133. The van der Waals surface area contributed by atoms with Crippen molar-refractivity contribution in [3.8, 4) is 0 Å². The highest BCUT2D eigenvalue weighted by Gasteiger charge is 2.16. The van der Waals surface area contributed by atoms with Gasteiger partial charge in [0.1, 0.15) is 5.56 Å². The van der Waals surface area contributed by atoms with Gasteiger partial charge in [-0.15, -0.1) is 0 Å². The lowest BCUT2D eigenvalue weighted by Crippen LogP contribution is -2.17. The number of H-pyrrole nitrogens is 1. The molecule has 0 spiro atoms. The summed E-state index contributed by atoms with van der Waals surface area (Å²) in [4.78, 5) is 28.5. The van der Waals surface area contributed by atoms with Gasteiger partial charge in [-0.2, -0.15) is 0 Å². The number of aromatic nitrogens is 3. The van der Waals surface area contributed by atoms with Crippen LogP contribution in [0.25, 0.3) is 5.65 Å². The molecule has 2 aromatic heterocycles. The molecule has 112 valence electrons. The normalized spacial score (nSPS) is 10.9. The van der Waals surface area contributed by atoms with E-state index in [-0.39, 0.29) is 11.5 Å². The van der Waals surface area contributed by atoms with E-state index in [0.717, 1.165) is 5.56 Å². The molecule has 0 radical (unpaired) electrons. The number of fused-ring (bicyclic) bond motifs is 1. The van der Waals surface area contributed by atoms with E-state index in [9.17, 15) is 9.59 Å². The predicted octanol–water partition coefficient (Wildman–Crippen LogP) is 2.55. The first-order valence-electron chi connectivity index (χ1n) is 6.61. The number of anilines is 1. The Hall–Kier alpha value is -2.60. The van der Waals surface area contributed by atoms with E-state index < -0.39 is 0 Å². The van der Waals surface area contributed by atoms with Crippen molar-refractivity contribution in [2.45, 2.75) is 13.8 Å². The Labute approximate surface area is 130 Å². The third-order valence-corrected chi connectivity index (χ3v) is 3.55. The number of aromatic amines is 1. The SMILES string of the molecule is Cc1cc(=O)n2[nH]cc(C(=O)Nc3cc(Cl)ccc3C)c2n1. The van der Waals surface area contributed by atoms with Gasteiger partial charge in [0, 0.05) is 28.7 Å². The molecule has 6 nitrogen and oxygen atoms in total. The number of rotatable bonds is 2. The maximum Gasteiger partial charge on any atom is 0.272 e. The van der Waals surface area contributed by atoms with E-state index in [1.165, 1.54) is 16.8 Å². The summed E-state index contributed by atoms with van der Waals surface area (Å²) in [6, 6.07) is 6.64. The number of halogens is 1. The third-order valence-electron chi connectivity index (χ3n) is 3.32. The monoisotopic (exact) mass is 316 g/mol. The Morgan fingerprint density at radius 2 is 2.09 bits per heavy atom. The van der Waals surface area contributed by atoms with Gasteiger partial charge in [-0.05, 0) is 31.5 Å². The highest BCUT2D eigenvalue weighted by Crippen LogP contribution is 2.21. The molecule has 2 N–H and O–H groups in total. The molecule has 0 aliphatic carbocycles. The molecule has 0 unspecified atom stereocenters. The first-order chi connectivity index (χ1) is 10.5. The van der Waals surface area contributed by atoms with Crippen LogP contribution >= 0.6 is 11.6 Å². The number of nitrogens with one attached hydrogen (secondary N) is 2. The number of benzene rings is 1. The Balaban J connectivity index is 2.03. The van der Waals surface area contributed by atoms with Gasteiger partial charge in [0.15, 0.2) is 5.65 Å². The number of amides is 1. The molecule has 0 saturated carbocycles. The number of carbonyl (C=O) groups excluding carboxylic acids is 1. The molecule has 1 aromatic carbocycles. The highest BCUT2D eigenvalue weighted by molar-refractivity contribution is 6.31. The van der Waals surface area contributed by atoms with Gasteiger partial charge in [0.05, 0.1) is 0 Å². The van der Waals surface area contributed by atoms with Crippen LogP contribution in [0.5, 0.6) is 0 Å². The van der Waals surface area contributed by atoms with E-state index in [1.54, 1.807) is 19.1 Å². The summed E-state index contributed by atoms with van der Waals surface area (Å²) < 4.78 is 1.23. The third kappa shape index (κ3) is 2.48. The second-order valence-electron chi connectivity index (χ2n) is 5.00. The van der Waals surface area contributed by atoms with Crippen molar-refractivity contribution in [1.82, 2.24) is 14.6 Å². The molecule has 3 rings (SSSR count). The van der Waals surface area contributed by atoms with Crippen molar-refractivity contribution in [1.29, 1.82) is 0 Å². The van der Waals surface area contributed by atoms with Crippen molar-refractivity contribution >= 4 is 28.8 Å². The Morgan fingerprint density at radius 3 is 2.86 bits per heavy atom. The molecule has 0 bridgehead atoms. The summed E-state index contributed by atoms with van der Waals surface area (Å²) in [5.74, 6) is -0.360. The van der Waals surface area contributed by atoms with E-state index in [4.69, 9.17) is 11.6 Å². The van der Waals surface area contributed by atoms with Crippen LogP contribution < -0.4 is 10.9 Å². The Bertz CT molecular complexity index is 942. The fourth-order valence-corrected chi connectivity index (χ4v) is 2.35. The first kappa shape index (κ1) is 14.3. The molecule has 0 aliphatic rings. The smallest absolute Gasteiger partial charge is 0.272 e. The average Bonchev–Trinajstić information content (AvgIpc) is 2.87. The van der Waals surface area contributed by atoms with Crippen LogP contribution in [-0.2, 0) is 0 Å². The maximum atomic E-state index is 12.4. The molecule has 22 heavy (non-hydrogen) atoms. The van der Waals surface area contributed by atoms with Crippen LogP contribution in [-0.4, -0.2) is 20.5 Å². The minimum atomic E-state index is -0.360. The quantitative estimate of drug-likeness (QED) is 0.762. The fourth-order valence-electron chi connectivity index (χ4n) is 2.18. The van der Waals surface area contributed by atoms with Gasteiger partial charge in [0.2, 0.25) is 0 Å². The molecule has 0 aliphatic heterocycles. The average molecular weight is 317 g/mol. The van der Waals surface area contributed by atoms with Crippen molar-refractivity contribution in [3.63, 3.8) is 0 Å². The summed E-state index contributed by atoms with van der Waals surface area (Å²) in [6.45, 7) is 3.57. The van der Waals surface area contributed by atoms with E-state index in [1.807, 2.05) is 13.0 Å². The standard InChI is InChI=1S/C15H13ClN4O2/c1-8-3-4-10(16)6-12(8)19-15(22)11-7-17-20-13(21)5-9(2)18-14(11)20/h3-7,17H,1-2H3,(H,19,22). The van der Waals surface area contributed by atoms with Crippen LogP contribution in [0.4, 0.5) is 5.69 Å². The predicted molar refractivity (Wildman–Crippen MR) is 84.7 cm³/mol. The second-order valence-corrected chi connectivity index (χ2v) is 5.43. The zero-order valence-electron chi connectivity index (χ0n) is 12.0. The number of hydrogen-bond acceptors (Lipinski definition) is 3. The van der Waals surface area contributed by atoms with Crippen LogP contribution in [0, 0.1) is 13.8 Å². The van der Waals surface area contributed by atoms with Gasteiger partial charge in [-0.1, -0.05) is 17.7 Å². The van der Waals surface area contributed by atoms with E-state index in [2.05, 4.69) is 15.4 Å². The van der Waals surface area contributed by atoms with Gasteiger partial charge in [0.25, 0.3) is 11.5 Å². The summed E-state index contributed by atoms with van der Waals surface area (Å²) in [5.41, 5.74) is 2.38. The van der Waals surface area contributed by atoms with Gasteiger partial charge < -0.3 is 5.32 Å². The van der Waals surface area contributed by atoms with Crippen molar-refractivity contribution in [3.05, 3.63) is 62.7 Å². The Morgan fingerprint density at radius 1 is 1.32 bits per heavy atom. The number of carbonyl (C=O) groups is 1. The summed E-state index contributed by atoms with van der Waals surface area (Å²) in [7, 11) is 0. The molecular weight excluding hydrogens is 304 g/mol. The van der Waals surface area contributed by atoms with Crippen molar-refractivity contribution < 1.29 is 4.79 Å². The lowest BCUT2D eigenvalue weighted by Gasteiger charge is -2.08. The van der Waals surface area contributed by atoms with Crippen LogP contribution in [0.1, 0.15) is 21.6 Å². The lowest BCUT2D eigenvalue weighted by molar-refractivity contribution is 0.102. The zero-order valence-corrected chi connectivity index (χ0v) is 12.7. The second kappa shape index (κ2) is 5.31. The van der Waals surface area contributed by atoms with Crippen molar-refractivity contribution in [2.24, 2.45) is 0 Å². The van der Waals surface area contributed by atoms with Gasteiger partial charge in [-0.25, -0.2) is 9.50 Å². The largest absolute Gasteiger partial charge is 0.322 e. The topological polar surface area (TPSA) is 79.3 Å². The molecular formula is C15H13ClN4O2. The van der Waals surface area contributed by atoms with Gasteiger partial charge >= 0.3 is 0 Å². The Kier molecular flexibility index (Phi) is 3.46. The van der Waals surface area contributed by atoms with Crippen LogP contribution in [0.3, 0.4) is 0 Å². The highest BCUT2D eigenvalue weighted by atomic mass is 35.5. The lowest BCUT2D eigenvalue weighted by atomic mass is 10.2. The maximum absolute atomic E-state index is 12.4. The summed E-state index contributed by atoms with van der Waals surface area (Å²) >= 11 is 5.95. The van der Waals surface area contributed by atoms with Crippen molar-refractivity contribution in [2.75, 3.05) is 5.32 Å². The van der Waals surface area contributed by atoms with Crippen LogP contribution in [0.2, 0.25) is 5.02 Å². The molecule has 0 fully saturated rings. The van der Waals surface area contributed by atoms with Crippen LogP contribution in [0.15, 0.2) is 35.3 Å². The summed E-state index contributed by atoms with van der Waals surface area (Å²) in [5, 5.41) is 6.05. The minimum Gasteiger partial charge on any atom is -0.322 e. The molecule has 3 aromatic rings. The van der Waals surface area contributed by atoms with E-state index in [0.29, 0.717) is 27.6 Å². The molecule has 0 atom stereocenters. The number of aryl methyl sites for hydroxylation is 2. The number of hydrogen-bond donors (Lipinski definition) is 2.